The number of amides is 1. The molecule has 8 nitrogen and oxygen atoms in total. The Hall–Kier alpha value is -1.97. The average Bonchev–Trinajstić information content (AvgIpc) is 2.63. The summed E-state index contributed by atoms with van der Waals surface area (Å²) in [4.78, 5) is 26.5. The van der Waals surface area contributed by atoms with Gasteiger partial charge in [0, 0.05) is 26.3 Å². The van der Waals surface area contributed by atoms with Crippen molar-refractivity contribution in [1.29, 1.82) is 0 Å². The fraction of sp³-hybridized carbons (Fsp3) is 0.579. The molecule has 0 bridgehead atoms. The van der Waals surface area contributed by atoms with Crippen molar-refractivity contribution in [2.75, 3.05) is 45.7 Å². The third kappa shape index (κ3) is 5.52. The largest absolute Gasteiger partial charge is 0.466 e. The number of aryl methyl sites for hydroxylation is 1. The second kappa shape index (κ2) is 9.49. The number of piperidine rings is 1. The number of anilines is 1. The standard InChI is InChI=1S/C19H29N3O5S/c1-5-27-19(24)15-7-6-10-22(12-15)13-18(23)20-17-11-16(9-8-14(17)2)28(25,26)21(3)4/h8-9,11,15H,5-7,10,12-13H2,1-4H3,(H,20,23). The molecule has 1 atom stereocenters. The normalized spacial score (nSPS) is 18.1. The highest BCUT2D eigenvalue weighted by Crippen LogP contribution is 2.22. The lowest BCUT2D eigenvalue weighted by Gasteiger charge is -2.30. The number of carbonyl (C=O) groups is 2. The van der Waals surface area contributed by atoms with Gasteiger partial charge in [-0.2, -0.15) is 0 Å². The summed E-state index contributed by atoms with van der Waals surface area (Å²) in [5.74, 6) is -0.672. The first-order valence-electron chi connectivity index (χ1n) is 9.37. The number of nitrogens with one attached hydrogen (secondary N) is 1. The Morgan fingerprint density at radius 3 is 2.68 bits per heavy atom. The highest BCUT2D eigenvalue weighted by molar-refractivity contribution is 7.89. The van der Waals surface area contributed by atoms with E-state index in [1.807, 2.05) is 4.90 Å². The molecule has 0 spiro atoms. The Morgan fingerprint density at radius 2 is 2.04 bits per heavy atom. The number of sulfonamides is 1. The van der Waals surface area contributed by atoms with Crippen molar-refractivity contribution < 1.29 is 22.7 Å². The van der Waals surface area contributed by atoms with Crippen molar-refractivity contribution >= 4 is 27.6 Å². The first kappa shape index (κ1) is 22.3. The van der Waals surface area contributed by atoms with Crippen LogP contribution >= 0.6 is 0 Å². The van der Waals surface area contributed by atoms with Gasteiger partial charge in [0.1, 0.15) is 0 Å². The summed E-state index contributed by atoms with van der Waals surface area (Å²) >= 11 is 0. The molecule has 0 radical (unpaired) electrons. The lowest BCUT2D eigenvalue weighted by atomic mass is 9.98. The average molecular weight is 412 g/mol. The maximum atomic E-state index is 12.5. The number of likely N-dealkylation sites (tertiary alicyclic amines) is 1. The second-order valence-electron chi connectivity index (χ2n) is 7.14. The smallest absolute Gasteiger partial charge is 0.310 e. The lowest BCUT2D eigenvalue weighted by Crippen LogP contribution is -2.43. The van der Waals surface area contributed by atoms with Gasteiger partial charge in [-0.05, 0) is 50.9 Å². The molecule has 1 saturated heterocycles. The van der Waals surface area contributed by atoms with Gasteiger partial charge in [0.15, 0.2) is 0 Å². The van der Waals surface area contributed by atoms with Crippen molar-refractivity contribution in [2.45, 2.75) is 31.6 Å². The zero-order valence-corrected chi connectivity index (χ0v) is 17.7. The fourth-order valence-corrected chi connectivity index (χ4v) is 4.08. The van der Waals surface area contributed by atoms with Crippen LogP contribution in [0.1, 0.15) is 25.3 Å². The van der Waals surface area contributed by atoms with Gasteiger partial charge in [-0.1, -0.05) is 6.07 Å². The molecule has 0 aromatic heterocycles. The highest BCUT2D eigenvalue weighted by atomic mass is 32.2. The van der Waals surface area contributed by atoms with Gasteiger partial charge in [-0.15, -0.1) is 0 Å². The Morgan fingerprint density at radius 1 is 1.32 bits per heavy atom. The molecule has 9 heteroatoms. The van der Waals surface area contributed by atoms with Gasteiger partial charge in [0.05, 0.1) is 24.0 Å². The van der Waals surface area contributed by atoms with E-state index in [1.165, 1.54) is 26.2 Å². The Labute approximate surface area is 166 Å². The van der Waals surface area contributed by atoms with Crippen molar-refractivity contribution in [3.05, 3.63) is 23.8 Å². The monoisotopic (exact) mass is 411 g/mol. The van der Waals surface area contributed by atoms with Gasteiger partial charge >= 0.3 is 5.97 Å². The molecule has 0 saturated carbocycles. The number of ether oxygens (including phenoxy) is 1. The van der Waals surface area contributed by atoms with Gasteiger partial charge in [-0.25, -0.2) is 12.7 Å². The highest BCUT2D eigenvalue weighted by Gasteiger charge is 2.28. The quantitative estimate of drug-likeness (QED) is 0.683. The first-order valence-corrected chi connectivity index (χ1v) is 10.8. The van der Waals surface area contributed by atoms with Crippen LogP contribution in [-0.2, 0) is 24.3 Å². The molecule has 1 fully saturated rings. The van der Waals surface area contributed by atoms with Crippen molar-refractivity contribution in [3.8, 4) is 0 Å². The van der Waals surface area contributed by atoms with E-state index in [0.29, 0.717) is 18.8 Å². The molecular formula is C19H29N3O5S. The van der Waals surface area contributed by atoms with E-state index in [2.05, 4.69) is 5.32 Å². The van der Waals surface area contributed by atoms with Crippen LogP contribution < -0.4 is 5.32 Å². The SMILES string of the molecule is CCOC(=O)C1CCCN(CC(=O)Nc2cc(S(=O)(=O)N(C)C)ccc2C)C1. The molecule has 1 aliphatic rings. The molecular weight excluding hydrogens is 382 g/mol. The summed E-state index contributed by atoms with van der Waals surface area (Å²) in [6.07, 6.45) is 1.59. The number of hydrogen-bond donors (Lipinski definition) is 1. The minimum atomic E-state index is -3.58. The minimum Gasteiger partial charge on any atom is -0.466 e. The van der Waals surface area contributed by atoms with E-state index in [9.17, 15) is 18.0 Å². The number of nitrogens with zero attached hydrogens (tertiary/aromatic N) is 2. The molecule has 1 aliphatic heterocycles. The topological polar surface area (TPSA) is 96.0 Å². The second-order valence-corrected chi connectivity index (χ2v) is 9.29. The zero-order chi connectivity index (χ0) is 20.9. The predicted octanol–water partition coefficient (Wildman–Crippen LogP) is 1.46. The molecule has 0 aliphatic carbocycles. The predicted molar refractivity (Wildman–Crippen MR) is 106 cm³/mol. The van der Waals surface area contributed by atoms with Crippen LogP contribution in [0.4, 0.5) is 5.69 Å². The summed E-state index contributed by atoms with van der Waals surface area (Å²) in [5, 5.41) is 2.80. The van der Waals surface area contributed by atoms with E-state index in [1.54, 1.807) is 19.9 Å². The first-order chi connectivity index (χ1) is 13.1. The number of carbonyl (C=O) groups excluding carboxylic acids is 2. The van der Waals surface area contributed by atoms with Crippen LogP contribution in [-0.4, -0.2) is 69.8 Å². The van der Waals surface area contributed by atoms with Crippen LogP contribution in [0.2, 0.25) is 0 Å². The number of benzene rings is 1. The molecule has 2 rings (SSSR count). The van der Waals surface area contributed by atoms with E-state index in [4.69, 9.17) is 4.74 Å². The van der Waals surface area contributed by atoms with E-state index in [-0.39, 0.29) is 29.2 Å². The molecule has 1 heterocycles. The van der Waals surface area contributed by atoms with Gasteiger partial charge < -0.3 is 10.1 Å². The Balaban J connectivity index is 2.04. The Kier molecular flexibility index (Phi) is 7.56. The van der Waals surface area contributed by atoms with Crippen LogP contribution in [0.5, 0.6) is 0 Å². The van der Waals surface area contributed by atoms with Crippen molar-refractivity contribution in [2.24, 2.45) is 5.92 Å². The summed E-state index contributed by atoms with van der Waals surface area (Å²) in [6, 6.07) is 4.67. The van der Waals surface area contributed by atoms with Crippen LogP contribution in [0.25, 0.3) is 0 Å². The number of rotatable bonds is 7. The minimum absolute atomic E-state index is 0.124. The van der Waals surface area contributed by atoms with Crippen molar-refractivity contribution in [3.63, 3.8) is 0 Å². The van der Waals surface area contributed by atoms with E-state index >= 15 is 0 Å². The third-order valence-electron chi connectivity index (χ3n) is 4.75. The van der Waals surface area contributed by atoms with Crippen LogP contribution in [0.3, 0.4) is 0 Å². The molecule has 1 amide bonds. The van der Waals surface area contributed by atoms with Gasteiger partial charge in [0.2, 0.25) is 15.9 Å². The van der Waals surface area contributed by atoms with Crippen LogP contribution in [0.15, 0.2) is 23.1 Å². The molecule has 1 N–H and O–H groups in total. The zero-order valence-electron chi connectivity index (χ0n) is 16.9. The molecule has 1 aromatic carbocycles. The summed E-state index contributed by atoms with van der Waals surface area (Å²) in [5.41, 5.74) is 1.24. The molecule has 28 heavy (non-hydrogen) atoms. The van der Waals surface area contributed by atoms with E-state index < -0.39 is 10.0 Å². The number of hydrogen-bond acceptors (Lipinski definition) is 6. The molecule has 156 valence electrons. The van der Waals surface area contributed by atoms with E-state index in [0.717, 1.165) is 29.3 Å². The fourth-order valence-electron chi connectivity index (χ4n) is 3.15. The third-order valence-corrected chi connectivity index (χ3v) is 6.57. The summed E-state index contributed by atoms with van der Waals surface area (Å²) in [7, 11) is -0.657. The maximum absolute atomic E-state index is 12.5. The molecule has 1 unspecified atom stereocenters. The maximum Gasteiger partial charge on any atom is 0.310 e. The van der Waals surface area contributed by atoms with Gasteiger partial charge in [0.25, 0.3) is 0 Å². The summed E-state index contributed by atoms with van der Waals surface area (Å²) < 4.78 is 30.8. The Bertz CT molecular complexity index is 823. The summed E-state index contributed by atoms with van der Waals surface area (Å²) in [6.45, 7) is 5.29. The van der Waals surface area contributed by atoms with Gasteiger partial charge in [-0.3, -0.25) is 14.5 Å². The number of esters is 1. The van der Waals surface area contributed by atoms with Crippen LogP contribution in [0, 0.1) is 12.8 Å². The molecule has 1 aromatic rings. The van der Waals surface area contributed by atoms with Crippen molar-refractivity contribution in [1.82, 2.24) is 9.21 Å². The lowest BCUT2D eigenvalue weighted by molar-refractivity contribution is -0.150.